The van der Waals surface area contributed by atoms with E-state index in [4.69, 9.17) is 10.5 Å². The Labute approximate surface area is 98.1 Å². The molecule has 0 spiro atoms. The van der Waals surface area contributed by atoms with Gasteiger partial charge in [-0.25, -0.2) is 0 Å². The number of hydrogen-bond acceptors (Lipinski definition) is 3. The highest BCUT2D eigenvalue weighted by Gasteiger charge is 2.28. The molecule has 1 rings (SSSR count). The monoisotopic (exact) mass is 228 g/mol. The molecular formula is C12H24N2O2. The molecule has 4 heteroatoms. The van der Waals surface area contributed by atoms with E-state index in [2.05, 4.69) is 0 Å². The van der Waals surface area contributed by atoms with Gasteiger partial charge < -0.3 is 15.4 Å². The molecule has 0 saturated heterocycles. The van der Waals surface area contributed by atoms with Gasteiger partial charge in [0.05, 0.1) is 12.5 Å². The largest absolute Gasteiger partial charge is 0.383 e. The highest BCUT2D eigenvalue weighted by atomic mass is 16.5. The van der Waals surface area contributed by atoms with Gasteiger partial charge in [-0.15, -0.1) is 0 Å². The Balaban J connectivity index is 2.49. The van der Waals surface area contributed by atoms with Gasteiger partial charge in [0.1, 0.15) is 0 Å². The van der Waals surface area contributed by atoms with Crippen LogP contribution < -0.4 is 5.73 Å². The number of carbonyl (C=O) groups excluding carboxylic acids is 1. The third kappa shape index (κ3) is 3.76. The van der Waals surface area contributed by atoms with E-state index in [1.165, 1.54) is 6.42 Å². The van der Waals surface area contributed by atoms with Gasteiger partial charge >= 0.3 is 0 Å². The number of nitrogens with two attached hydrogens (primary N) is 1. The van der Waals surface area contributed by atoms with E-state index < -0.39 is 0 Å². The predicted molar refractivity (Wildman–Crippen MR) is 64.1 cm³/mol. The Morgan fingerprint density at radius 2 is 2.06 bits per heavy atom. The summed E-state index contributed by atoms with van der Waals surface area (Å²) < 4.78 is 4.98. The maximum Gasteiger partial charge on any atom is 0.227 e. The minimum absolute atomic E-state index is 0.0179. The lowest BCUT2D eigenvalue weighted by Gasteiger charge is -2.26. The van der Waals surface area contributed by atoms with Crippen molar-refractivity contribution in [3.8, 4) is 0 Å². The third-order valence-electron chi connectivity index (χ3n) is 3.39. The first kappa shape index (κ1) is 13.5. The summed E-state index contributed by atoms with van der Waals surface area (Å²) in [6.45, 7) is 1.24. The minimum Gasteiger partial charge on any atom is -0.383 e. The van der Waals surface area contributed by atoms with Crippen molar-refractivity contribution >= 4 is 5.91 Å². The molecule has 0 aromatic carbocycles. The van der Waals surface area contributed by atoms with E-state index in [0.717, 1.165) is 25.7 Å². The smallest absolute Gasteiger partial charge is 0.227 e. The summed E-state index contributed by atoms with van der Waals surface area (Å²) in [5.74, 6) is 0.204. The molecule has 94 valence electrons. The maximum atomic E-state index is 12.2. The SMILES string of the molecule is COCCN(C)C(=O)C1CCCCCC1N. The summed E-state index contributed by atoms with van der Waals surface area (Å²) in [6, 6.07) is 0.0417. The second-order valence-electron chi connectivity index (χ2n) is 4.66. The lowest BCUT2D eigenvalue weighted by atomic mass is 9.94. The highest BCUT2D eigenvalue weighted by molar-refractivity contribution is 5.79. The van der Waals surface area contributed by atoms with Crippen LogP contribution in [0.3, 0.4) is 0 Å². The summed E-state index contributed by atoms with van der Waals surface area (Å²) in [5, 5.41) is 0. The molecule has 0 aromatic rings. The summed E-state index contributed by atoms with van der Waals surface area (Å²) in [7, 11) is 3.48. The van der Waals surface area contributed by atoms with E-state index in [0.29, 0.717) is 13.2 Å². The Kier molecular flexibility index (Phi) is 5.77. The standard InChI is InChI=1S/C12H24N2O2/c1-14(8-9-16-2)12(15)10-6-4-3-5-7-11(10)13/h10-11H,3-9,13H2,1-2H3. The number of hydrogen-bond donors (Lipinski definition) is 1. The van der Waals surface area contributed by atoms with Crippen LogP contribution in [-0.2, 0) is 9.53 Å². The van der Waals surface area contributed by atoms with Gasteiger partial charge in [-0.2, -0.15) is 0 Å². The lowest BCUT2D eigenvalue weighted by molar-refractivity contribution is -0.135. The topological polar surface area (TPSA) is 55.6 Å². The molecule has 1 saturated carbocycles. The average Bonchev–Trinajstić information content (AvgIpc) is 2.49. The zero-order valence-corrected chi connectivity index (χ0v) is 10.4. The van der Waals surface area contributed by atoms with Gasteiger partial charge in [-0.05, 0) is 12.8 Å². The van der Waals surface area contributed by atoms with Crippen LogP contribution in [0.4, 0.5) is 0 Å². The second-order valence-corrected chi connectivity index (χ2v) is 4.66. The fraction of sp³-hybridized carbons (Fsp3) is 0.917. The highest BCUT2D eigenvalue weighted by Crippen LogP contribution is 2.23. The summed E-state index contributed by atoms with van der Waals surface area (Å²) >= 11 is 0. The number of rotatable bonds is 4. The molecule has 16 heavy (non-hydrogen) atoms. The third-order valence-corrected chi connectivity index (χ3v) is 3.39. The normalized spacial score (nSPS) is 26.2. The molecule has 0 aromatic heterocycles. The van der Waals surface area contributed by atoms with Crippen LogP contribution in [0.25, 0.3) is 0 Å². The average molecular weight is 228 g/mol. The number of methoxy groups -OCH3 is 1. The fourth-order valence-electron chi connectivity index (χ4n) is 2.26. The van der Waals surface area contributed by atoms with E-state index in [9.17, 15) is 4.79 Å². The molecule has 2 unspecified atom stereocenters. The Hall–Kier alpha value is -0.610. The Morgan fingerprint density at radius 3 is 2.75 bits per heavy atom. The second kappa shape index (κ2) is 6.86. The lowest BCUT2D eigenvalue weighted by Crippen LogP contribution is -2.43. The predicted octanol–water partition coefficient (Wildman–Crippen LogP) is 0.999. The first-order chi connectivity index (χ1) is 7.66. The Morgan fingerprint density at radius 1 is 1.38 bits per heavy atom. The quantitative estimate of drug-likeness (QED) is 0.730. The van der Waals surface area contributed by atoms with E-state index >= 15 is 0 Å². The van der Waals surface area contributed by atoms with Gasteiger partial charge in [0.15, 0.2) is 0 Å². The molecule has 2 N–H and O–H groups in total. The number of nitrogens with zero attached hydrogens (tertiary/aromatic N) is 1. The van der Waals surface area contributed by atoms with Crippen LogP contribution >= 0.6 is 0 Å². The van der Waals surface area contributed by atoms with Crippen molar-refractivity contribution in [2.75, 3.05) is 27.3 Å². The first-order valence-corrected chi connectivity index (χ1v) is 6.16. The molecule has 0 radical (unpaired) electrons. The van der Waals surface area contributed by atoms with Gasteiger partial charge in [-0.1, -0.05) is 19.3 Å². The van der Waals surface area contributed by atoms with Crippen molar-refractivity contribution in [1.29, 1.82) is 0 Å². The number of ether oxygens (including phenoxy) is 1. The molecule has 1 amide bonds. The van der Waals surface area contributed by atoms with E-state index in [-0.39, 0.29) is 17.9 Å². The van der Waals surface area contributed by atoms with Crippen molar-refractivity contribution in [2.45, 2.75) is 38.1 Å². The zero-order chi connectivity index (χ0) is 12.0. The molecule has 0 bridgehead atoms. The van der Waals surface area contributed by atoms with Crippen LogP contribution in [0.2, 0.25) is 0 Å². The van der Waals surface area contributed by atoms with Gasteiger partial charge in [-0.3, -0.25) is 4.79 Å². The fourth-order valence-corrected chi connectivity index (χ4v) is 2.26. The summed E-state index contributed by atoms with van der Waals surface area (Å²) in [5.41, 5.74) is 6.07. The van der Waals surface area contributed by atoms with Crippen LogP contribution in [0.1, 0.15) is 32.1 Å². The van der Waals surface area contributed by atoms with Crippen LogP contribution in [-0.4, -0.2) is 44.2 Å². The van der Waals surface area contributed by atoms with E-state index in [1.807, 2.05) is 7.05 Å². The van der Waals surface area contributed by atoms with Crippen molar-refractivity contribution in [2.24, 2.45) is 11.7 Å². The van der Waals surface area contributed by atoms with Gasteiger partial charge in [0.2, 0.25) is 5.91 Å². The molecule has 1 fully saturated rings. The van der Waals surface area contributed by atoms with Gasteiger partial charge in [0.25, 0.3) is 0 Å². The maximum absolute atomic E-state index is 12.2. The molecule has 0 aliphatic heterocycles. The molecule has 1 aliphatic carbocycles. The van der Waals surface area contributed by atoms with E-state index in [1.54, 1.807) is 12.0 Å². The van der Waals surface area contributed by atoms with Crippen molar-refractivity contribution in [3.05, 3.63) is 0 Å². The van der Waals surface area contributed by atoms with Crippen LogP contribution in [0.5, 0.6) is 0 Å². The number of amides is 1. The zero-order valence-electron chi connectivity index (χ0n) is 10.4. The number of likely N-dealkylation sites (N-methyl/N-ethyl adjacent to an activating group) is 1. The minimum atomic E-state index is 0.0179. The molecule has 2 atom stereocenters. The van der Waals surface area contributed by atoms with Gasteiger partial charge in [0, 0.05) is 26.7 Å². The summed E-state index contributed by atoms with van der Waals surface area (Å²) in [6.07, 6.45) is 5.42. The summed E-state index contributed by atoms with van der Waals surface area (Å²) in [4.78, 5) is 13.9. The molecule has 1 aliphatic rings. The Bertz CT molecular complexity index is 221. The van der Waals surface area contributed by atoms with Crippen molar-refractivity contribution in [1.82, 2.24) is 4.90 Å². The first-order valence-electron chi connectivity index (χ1n) is 6.16. The van der Waals surface area contributed by atoms with Crippen LogP contribution in [0.15, 0.2) is 0 Å². The van der Waals surface area contributed by atoms with Crippen molar-refractivity contribution < 1.29 is 9.53 Å². The molecule has 4 nitrogen and oxygen atoms in total. The number of carbonyl (C=O) groups is 1. The van der Waals surface area contributed by atoms with Crippen LogP contribution in [0, 0.1) is 5.92 Å². The molecule has 0 heterocycles. The van der Waals surface area contributed by atoms with Crippen molar-refractivity contribution in [3.63, 3.8) is 0 Å². The molecular weight excluding hydrogens is 204 g/mol.